The summed E-state index contributed by atoms with van der Waals surface area (Å²) in [6, 6.07) is 9.71. The Labute approximate surface area is 169 Å². The van der Waals surface area contributed by atoms with Crippen molar-refractivity contribution in [1.29, 1.82) is 0 Å². The highest BCUT2D eigenvalue weighted by Gasteiger charge is 2.16. The normalized spacial score (nSPS) is 10.1. The number of primary amides is 1. The monoisotopic (exact) mass is 421 g/mol. The van der Waals surface area contributed by atoms with E-state index in [-0.39, 0.29) is 11.3 Å². The second-order valence-corrected chi connectivity index (χ2v) is 7.51. The molecule has 0 spiro atoms. The molecule has 4 amide bonds. The van der Waals surface area contributed by atoms with Gasteiger partial charge in [-0.05, 0) is 30.0 Å². The van der Waals surface area contributed by atoms with Crippen LogP contribution in [0.5, 0.6) is 0 Å². The number of ether oxygens (including phenoxy) is 1. The Morgan fingerprint density at radius 2 is 1.89 bits per heavy atom. The van der Waals surface area contributed by atoms with E-state index in [0.717, 1.165) is 16.6 Å². The Morgan fingerprint density at radius 3 is 2.61 bits per heavy atom. The van der Waals surface area contributed by atoms with Crippen LogP contribution in [-0.4, -0.2) is 42.7 Å². The lowest BCUT2D eigenvalue weighted by molar-refractivity contribution is -0.123. The molecule has 0 saturated heterocycles. The number of nitrogens with two attached hydrogens (primary N) is 1. The summed E-state index contributed by atoms with van der Waals surface area (Å²) in [5.41, 5.74) is 5.32. The molecule has 10 heteroatoms. The molecule has 0 bridgehead atoms. The van der Waals surface area contributed by atoms with Crippen molar-refractivity contribution in [2.75, 3.05) is 18.9 Å². The second-order valence-electron chi connectivity index (χ2n) is 5.46. The maximum absolute atomic E-state index is 12.2. The first-order valence-electron chi connectivity index (χ1n) is 8.23. The molecule has 0 unspecified atom stereocenters. The van der Waals surface area contributed by atoms with Crippen LogP contribution in [0.3, 0.4) is 0 Å². The zero-order valence-electron chi connectivity index (χ0n) is 14.8. The third-order valence-corrected chi connectivity index (χ3v) is 5.33. The average Bonchev–Trinajstić information content (AvgIpc) is 3.18. The van der Waals surface area contributed by atoms with Gasteiger partial charge in [-0.25, -0.2) is 9.59 Å². The summed E-state index contributed by atoms with van der Waals surface area (Å²) >= 11 is 2.68. The summed E-state index contributed by atoms with van der Waals surface area (Å²) in [4.78, 5) is 48.2. The third kappa shape index (κ3) is 7.41. The number of imide groups is 1. The van der Waals surface area contributed by atoms with Gasteiger partial charge in [0, 0.05) is 16.3 Å². The van der Waals surface area contributed by atoms with Crippen molar-refractivity contribution in [2.24, 2.45) is 5.73 Å². The molecule has 1 heterocycles. The van der Waals surface area contributed by atoms with Crippen LogP contribution in [-0.2, 0) is 20.7 Å². The molecule has 1 aromatic carbocycles. The van der Waals surface area contributed by atoms with Gasteiger partial charge in [0.05, 0.1) is 11.3 Å². The van der Waals surface area contributed by atoms with Gasteiger partial charge in [-0.1, -0.05) is 18.2 Å². The largest absolute Gasteiger partial charge is 0.452 e. The number of esters is 1. The number of rotatable bonds is 9. The number of thioether (sulfide) groups is 1. The van der Waals surface area contributed by atoms with Gasteiger partial charge in [0.1, 0.15) is 0 Å². The number of nitrogens with one attached hydrogen (secondary N) is 2. The fourth-order valence-corrected chi connectivity index (χ4v) is 3.57. The molecule has 4 N–H and O–H groups in total. The first-order chi connectivity index (χ1) is 13.5. The number of thiophene rings is 1. The van der Waals surface area contributed by atoms with Crippen molar-refractivity contribution in [1.82, 2.24) is 10.6 Å². The maximum Gasteiger partial charge on any atom is 0.339 e. The fourth-order valence-electron chi connectivity index (χ4n) is 2.08. The number of benzene rings is 1. The van der Waals surface area contributed by atoms with E-state index in [1.54, 1.807) is 29.5 Å². The van der Waals surface area contributed by atoms with Crippen LogP contribution in [0.4, 0.5) is 4.79 Å². The van der Waals surface area contributed by atoms with Gasteiger partial charge < -0.3 is 15.8 Å². The minimum absolute atomic E-state index is 0.0103. The predicted octanol–water partition coefficient (Wildman–Crippen LogP) is 1.55. The van der Waals surface area contributed by atoms with Crippen molar-refractivity contribution in [3.8, 4) is 0 Å². The number of amides is 4. The summed E-state index contributed by atoms with van der Waals surface area (Å²) in [5, 5.41) is 6.59. The van der Waals surface area contributed by atoms with Crippen LogP contribution in [0.15, 0.2) is 46.7 Å². The van der Waals surface area contributed by atoms with E-state index in [2.05, 4.69) is 10.6 Å². The van der Waals surface area contributed by atoms with E-state index in [9.17, 15) is 19.2 Å². The molecule has 0 aliphatic heterocycles. The van der Waals surface area contributed by atoms with E-state index < -0.39 is 30.4 Å². The number of carbonyl (C=O) groups is 4. The van der Waals surface area contributed by atoms with Gasteiger partial charge >= 0.3 is 12.0 Å². The van der Waals surface area contributed by atoms with E-state index in [0.29, 0.717) is 17.9 Å². The van der Waals surface area contributed by atoms with Crippen molar-refractivity contribution in [3.05, 3.63) is 52.2 Å². The van der Waals surface area contributed by atoms with E-state index in [1.165, 1.54) is 6.07 Å². The van der Waals surface area contributed by atoms with Gasteiger partial charge in [-0.2, -0.15) is 0 Å². The van der Waals surface area contributed by atoms with E-state index in [1.807, 2.05) is 17.5 Å². The third-order valence-electron chi connectivity index (χ3n) is 3.30. The molecular formula is C18H19N3O5S2. The zero-order chi connectivity index (χ0) is 20.4. The summed E-state index contributed by atoms with van der Waals surface area (Å²) in [7, 11) is 0. The lowest BCUT2D eigenvalue weighted by Crippen LogP contribution is -2.42. The topological polar surface area (TPSA) is 128 Å². The van der Waals surface area contributed by atoms with Gasteiger partial charge in [0.15, 0.2) is 6.61 Å². The first kappa shape index (κ1) is 21.5. The maximum atomic E-state index is 12.2. The predicted molar refractivity (Wildman–Crippen MR) is 106 cm³/mol. The highest BCUT2D eigenvalue weighted by atomic mass is 32.2. The lowest BCUT2D eigenvalue weighted by Gasteiger charge is -2.09. The number of urea groups is 1. The van der Waals surface area contributed by atoms with E-state index >= 15 is 0 Å². The fraction of sp³-hybridized carbons (Fsp3) is 0.222. The van der Waals surface area contributed by atoms with Crippen LogP contribution < -0.4 is 16.4 Å². The zero-order valence-corrected chi connectivity index (χ0v) is 16.4. The summed E-state index contributed by atoms with van der Waals surface area (Å²) in [6.07, 6.45) is 0.661. The Kier molecular flexibility index (Phi) is 8.50. The van der Waals surface area contributed by atoms with E-state index in [4.69, 9.17) is 10.5 Å². The van der Waals surface area contributed by atoms with Gasteiger partial charge in [-0.15, -0.1) is 23.1 Å². The molecule has 1 aromatic heterocycles. The van der Waals surface area contributed by atoms with Gasteiger partial charge in [0.2, 0.25) is 5.91 Å². The number of hydrogen-bond acceptors (Lipinski definition) is 7. The Bertz CT molecular complexity index is 840. The van der Waals surface area contributed by atoms with Crippen molar-refractivity contribution < 1.29 is 23.9 Å². The molecule has 2 aromatic rings. The lowest BCUT2D eigenvalue weighted by atomic mass is 10.2. The van der Waals surface area contributed by atoms with Crippen LogP contribution in [0.2, 0.25) is 0 Å². The van der Waals surface area contributed by atoms with Crippen molar-refractivity contribution >= 4 is 46.9 Å². The number of hydrogen-bond donors (Lipinski definition) is 3. The van der Waals surface area contributed by atoms with Gasteiger partial charge in [-0.3, -0.25) is 14.9 Å². The molecule has 2 rings (SSSR count). The minimum Gasteiger partial charge on any atom is -0.452 e. The second kappa shape index (κ2) is 11.1. The SMILES string of the molecule is NC(=O)CSc1ccccc1C(=O)OCC(=O)NC(=O)NCCc1cccs1. The summed E-state index contributed by atoms with van der Waals surface area (Å²) in [6.45, 7) is -0.226. The molecule has 28 heavy (non-hydrogen) atoms. The Morgan fingerprint density at radius 1 is 1.11 bits per heavy atom. The molecule has 0 atom stereocenters. The average molecular weight is 422 g/mol. The standard InChI is InChI=1S/C18H19N3O5S2/c19-15(22)11-28-14-6-2-1-5-13(14)17(24)26-10-16(23)21-18(25)20-8-7-12-4-3-9-27-12/h1-6,9H,7-8,10-11H2,(H2,19,22)(H2,20,21,23,25). The number of carbonyl (C=O) groups excluding carboxylic acids is 4. The van der Waals surface area contributed by atoms with Crippen molar-refractivity contribution in [3.63, 3.8) is 0 Å². The smallest absolute Gasteiger partial charge is 0.339 e. The quantitative estimate of drug-likeness (QED) is 0.416. The Hall–Kier alpha value is -2.85. The highest BCUT2D eigenvalue weighted by molar-refractivity contribution is 8.00. The highest BCUT2D eigenvalue weighted by Crippen LogP contribution is 2.22. The summed E-state index contributed by atoms with van der Waals surface area (Å²) in [5.74, 6) is -1.99. The van der Waals surface area contributed by atoms with Crippen LogP contribution in [0.1, 0.15) is 15.2 Å². The van der Waals surface area contributed by atoms with Gasteiger partial charge in [0.25, 0.3) is 5.91 Å². The van der Waals surface area contributed by atoms with Crippen molar-refractivity contribution in [2.45, 2.75) is 11.3 Å². The van der Waals surface area contributed by atoms with Crippen LogP contribution in [0.25, 0.3) is 0 Å². The molecule has 8 nitrogen and oxygen atoms in total. The molecule has 148 valence electrons. The molecule has 0 fully saturated rings. The molecule has 0 aliphatic rings. The molecule has 0 aliphatic carbocycles. The molecular weight excluding hydrogens is 402 g/mol. The molecule has 0 saturated carbocycles. The summed E-state index contributed by atoms with van der Waals surface area (Å²) < 4.78 is 4.94. The van der Waals surface area contributed by atoms with Crippen LogP contribution in [0, 0.1) is 0 Å². The molecule has 0 radical (unpaired) electrons. The van der Waals surface area contributed by atoms with Crippen LogP contribution >= 0.6 is 23.1 Å². The minimum atomic E-state index is -0.746. The first-order valence-corrected chi connectivity index (χ1v) is 10.1. The Balaban J connectivity index is 1.75.